The van der Waals surface area contributed by atoms with E-state index in [4.69, 9.17) is 5.11 Å². The number of carboxylic acid groups (broad SMARTS) is 1. The number of carbonyl (C=O) groups is 1. The molecule has 0 heterocycles. The highest BCUT2D eigenvalue weighted by Gasteiger charge is 2.19. The Balaban J connectivity index is 1.97. The predicted octanol–water partition coefficient (Wildman–Crippen LogP) is 0.584. The summed E-state index contributed by atoms with van der Waals surface area (Å²) in [6.45, 7) is 0.920. The van der Waals surface area contributed by atoms with Crippen molar-refractivity contribution in [3.8, 4) is 0 Å². The van der Waals surface area contributed by atoms with Gasteiger partial charge in [0.15, 0.2) is 0 Å². The first-order valence-corrected chi connectivity index (χ1v) is 3.42. The Morgan fingerprint density at radius 1 is 1.70 bits per heavy atom. The van der Waals surface area contributed by atoms with Gasteiger partial charge in [0.2, 0.25) is 0 Å². The van der Waals surface area contributed by atoms with E-state index in [0.29, 0.717) is 0 Å². The SMILES string of the molecule is O=C(O)/C=C/NCC1CC1. The van der Waals surface area contributed by atoms with Crippen LogP contribution in [0.4, 0.5) is 0 Å². The van der Waals surface area contributed by atoms with Crippen LogP contribution in [-0.4, -0.2) is 17.6 Å². The van der Waals surface area contributed by atoms with E-state index in [-0.39, 0.29) is 0 Å². The van der Waals surface area contributed by atoms with Gasteiger partial charge in [-0.3, -0.25) is 0 Å². The molecule has 1 rings (SSSR count). The predicted molar refractivity (Wildman–Crippen MR) is 37.5 cm³/mol. The van der Waals surface area contributed by atoms with Crippen LogP contribution >= 0.6 is 0 Å². The maximum absolute atomic E-state index is 9.93. The van der Waals surface area contributed by atoms with Crippen molar-refractivity contribution >= 4 is 5.97 Å². The molecule has 0 amide bonds. The summed E-state index contributed by atoms with van der Waals surface area (Å²) < 4.78 is 0. The molecule has 0 spiro atoms. The molecule has 1 aliphatic rings. The van der Waals surface area contributed by atoms with Crippen LogP contribution < -0.4 is 5.32 Å². The molecule has 1 aliphatic carbocycles. The Morgan fingerprint density at radius 2 is 2.40 bits per heavy atom. The molecule has 10 heavy (non-hydrogen) atoms. The van der Waals surface area contributed by atoms with Gasteiger partial charge < -0.3 is 10.4 Å². The standard InChI is InChI=1S/C7H11NO2/c9-7(10)3-4-8-5-6-1-2-6/h3-4,6,8H,1-2,5H2,(H,9,10)/b4-3+. The summed E-state index contributed by atoms with van der Waals surface area (Å²) in [4.78, 5) is 9.93. The van der Waals surface area contributed by atoms with Gasteiger partial charge in [-0.1, -0.05) is 0 Å². The van der Waals surface area contributed by atoms with Crippen LogP contribution in [-0.2, 0) is 4.79 Å². The third-order valence-corrected chi connectivity index (χ3v) is 1.45. The smallest absolute Gasteiger partial charge is 0.329 e. The van der Waals surface area contributed by atoms with E-state index in [1.54, 1.807) is 0 Å². The van der Waals surface area contributed by atoms with Gasteiger partial charge in [0.1, 0.15) is 0 Å². The number of carboxylic acids is 1. The monoisotopic (exact) mass is 141 g/mol. The van der Waals surface area contributed by atoms with Gasteiger partial charge in [-0.05, 0) is 18.8 Å². The van der Waals surface area contributed by atoms with Crippen molar-refractivity contribution in [2.24, 2.45) is 5.92 Å². The fourth-order valence-corrected chi connectivity index (χ4v) is 0.687. The molecule has 3 heteroatoms. The highest BCUT2D eigenvalue weighted by molar-refractivity contribution is 5.79. The highest BCUT2D eigenvalue weighted by atomic mass is 16.4. The lowest BCUT2D eigenvalue weighted by molar-refractivity contribution is -0.131. The minimum absolute atomic E-state index is 0.790. The lowest BCUT2D eigenvalue weighted by Gasteiger charge is -1.93. The molecule has 2 N–H and O–H groups in total. The highest BCUT2D eigenvalue weighted by Crippen LogP contribution is 2.27. The first-order valence-electron chi connectivity index (χ1n) is 3.42. The van der Waals surface area contributed by atoms with Crippen LogP contribution in [0.3, 0.4) is 0 Å². The summed E-state index contributed by atoms with van der Waals surface area (Å²) in [6, 6.07) is 0. The number of aliphatic carboxylic acids is 1. The summed E-state index contributed by atoms with van der Waals surface area (Å²) in [7, 11) is 0. The van der Waals surface area contributed by atoms with Gasteiger partial charge in [0, 0.05) is 18.8 Å². The lowest BCUT2D eigenvalue weighted by Crippen LogP contribution is -2.09. The van der Waals surface area contributed by atoms with Crippen molar-refractivity contribution in [1.29, 1.82) is 0 Å². The van der Waals surface area contributed by atoms with E-state index in [9.17, 15) is 4.79 Å². The molecule has 0 saturated heterocycles. The van der Waals surface area contributed by atoms with E-state index in [1.807, 2.05) is 0 Å². The number of rotatable bonds is 4. The molecule has 0 atom stereocenters. The van der Waals surface area contributed by atoms with Gasteiger partial charge in [0.25, 0.3) is 0 Å². The molecule has 0 aromatic carbocycles. The van der Waals surface area contributed by atoms with Gasteiger partial charge in [-0.25, -0.2) is 4.79 Å². The molecule has 0 unspecified atom stereocenters. The summed E-state index contributed by atoms with van der Waals surface area (Å²) in [5.41, 5.74) is 0. The van der Waals surface area contributed by atoms with Crippen molar-refractivity contribution in [2.75, 3.05) is 6.54 Å². The normalized spacial score (nSPS) is 17.6. The average Bonchev–Trinajstić information content (AvgIpc) is 2.62. The maximum Gasteiger partial charge on any atom is 0.329 e. The average molecular weight is 141 g/mol. The quantitative estimate of drug-likeness (QED) is 0.563. The second kappa shape index (κ2) is 3.25. The Hall–Kier alpha value is -0.990. The van der Waals surface area contributed by atoms with Crippen LogP contribution in [0, 0.1) is 5.92 Å². The van der Waals surface area contributed by atoms with Crippen molar-refractivity contribution in [1.82, 2.24) is 5.32 Å². The first kappa shape index (κ1) is 7.12. The molecule has 3 nitrogen and oxygen atoms in total. The van der Waals surface area contributed by atoms with E-state index in [1.165, 1.54) is 19.0 Å². The summed E-state index contributed by atoms with van der Waals surface area (Å²) in [5, 5.41) is 11.1. The topological polar surface area (TPSA) is 49.3 Å². The van der Waals surface area contributed by atoms with Crippen LogP contribution in [0.15, 0.2) is 12.3 Å². The molecular formula is C7H11NO2. The van der Waals surface area contributed by atoms with Crippen LogP contribution in [0.1, 0.15) is 12.8 Å². The van der Waals surface area contributed by atoms with E-state index in [0.717, 1.165) is 18.5 Å². The Kier molecular flexibility index (Phi) is 2.31. The van der Waals surface area contributed by atoms with Crippen molar-refractivity contribution < 1.29 is 9.90 Å². The van der Waals surface area contributed by atoms with Gasteiger partial charge in [0.05, 0.1) is 0 Å². The summed E-state index contributed by atoms with van der Waals surface area (Å²) >= 11 is 0. The fourth-order valence-electron chi connectivity index (χ4n) is 0.687. The zero-order chi connectivity index (χ0) is 7.40. The lowest BCUT2D eigenvalue weighted by atomic mass is 10.4. The number of nitrogens with one attached hydrogen (secondary N) is 1. The Bertz CT molecular complexity index is 150. The Morgan fingerprint density at radius 3 is 2.90 bits per heavy atom. The van der Waals surface area contributed by atoms with Crippen molar-refractivity contribution in [2.45, 2.75) is 12.8 Å². The molecule has 0 bridgehead atoms. The van der Waals surface area contributed by atoms with Crippen LogP contribution in [0.2, 0.25) is 0 Å². The fraction of sp³-hybridized carbons (Fsp3) is 0.571. The Labute approximate surface area is 59.7 Å². The molecular weight excluding hydrogens is 130 g/mol. The van der Waals surface area contributed by atoms with Crippen molar-refractivity contribution in [3.05, 3.63) is 12.3 Å². The molecule has 0 aromatic heterocycles. The van der Waals surface area contributed by atoms with Crippen LogP contribution in [0.25, 0.3) is 0 Å². The second-order valence-electron chi connectivity index (χ2n) is 2.52. The molecule has 1 fully saturated rings. The van der Waals surface area contributed by atoms with E-state index in [2.05, 4.69) is 5.32 Å². The molecule has 0 aromatic rings. The molecule has 56 valence electrons. The van der Waals surface area contributed by atoms with Crippen LogP contribution in [0.5, 0.6) is 0 Å². The molecule has 0 radical (unpaired) electrons. The summed E-state index contributed by atoms with van der Waals surface area (Å²) in [5.74, 6) is -0.109. The second-order valence-corrected chi connectivity index (χ2v) is 2.52. The zero-order valence-corrected chi connectivity index (χ0v) is 5.71. The van der Waals surface area contributed by atoms with E-state index < -0.39 is 5.97 Å². The van der Waals surface area contributed by atoms with Gasteiger partial charge in [-0.2, -0.15) is 0 Å². The number of hydrogen-bond acceptors (Lipinski definition) is 2. The third kappa shape index (κ3) is 3.12. The third-order valence-electron chi connectivity index (χ3n) is 1.45. The summed E-state index contributed by atoms with van der Waals surface area (Å²) in [6.07, 6.45) is 5.17. The largest absolute Gasteiger partial charge is 0.478 e. The number of hydrogen-bond donors (Lipinski definition) is 2. The minimum atomic E-state index is -0.900. The first-order chi connectivity index (χ1) is 4.79. The molecule has 1 saturated carbocycles. The van der Waals surface area contributed by atoms with Crippen molar-refractivity contribution in [3.63, 3.8) is 0 Å². The van der Waals surface area contributed by atoms with Gasteiger partial charge in [-0.15, -0.1) is 0 Å². The zero-order valence-electron chi connectivity index (χ0n) is 5.71. The van der Waals surface area contributed by atoms with Gasteiger partial charge >= 0.3 is 5.97 Å². The maximum atomic E-state index is 9.93. The minimum Gasteiger partial charge on any atom is -0.478 e. The molecule has 0 aliphatic heterocycles. The van der Waals surface area contributed by atoms with E-state index >= 15 is 0 Å².